The standard InChI is InChI=1S/C24H32N4O5/c1-23(2,3)33-22(32)27-14-24(15-27)12-26(13-24)17-7-8-18-16(10-17)11-28(21(18)31)19(6-5-9-29)20(30)25-4/h7-10,19H,5-6,11-15H2,1-4H3,(H,25,30). The van der Waals surface area contributed by atoms with Gasteiger partial charge in [-0.15, -0.1) is 0 Å². The summed E-state index contributed by atoms with van der Waals surface area (Å²) in [5.41, 5.74) is 2.15. The maximum Gasteiger partial charge on any atom is 0.410 e. The van der Waals surface area contributed by atoms with Gasteiger partial charge in [-0.2, -0.15) is 0 Å². The van der Waals surface area contributed by atoms with E-state index in [-0.39, 0.29) is 29.7 Å². The zero-order valence-corrected chi connectivity index (χ0v) is 19.7. The van der Waals surface area contributed by atoms with Crippen LogP contribution in [0.4, 0.5) is 10.5 Å². The van der Waals surface area contributed by atoms with E-state index in [2.05, 4.69) is 10.2 Å². The molecule has 1 atom stereocenters. The first-order valence-corrected chi connectivity index (χ1v) is 11.4. The first-order chi connectivity index (χ1) is 15.6. The van der Waals surface area contributed by atoms with E-state index in [1.165, 1.54) is 7.05 Å². The van der Waals surface area contributed by atoms with Crippen molar-refractivity contribution in [2.24, 2.45) is 5.41 Å². The highest BCUT2D eigenvalue weighted by Crippen LogP contribution is 2.43. The van der Waals surface area contributed by atoms with E-state index in [1.54, 1.807) is 9.80 Å². The summed E-state index contributed by atoms with van der Waals surface area (Å²) in [4.78, 5) is 53.9. The molecule has 0 saturated carbocycles. The molecule has 3 aliphatic rings. The van der Waals surface area contributed by atoms with Gasteiger partial charge in [0.05, 0.1) is 0 Å². The number of carbonyl (C=O) groups excluding carboxylic acids is 4. The molecule has 9 heteroatoms. The molecule has 9 nitrogen and oxygen atoms in total. The van der Waals surface area contributed by atoms with E-state index in [0.717, 1.165) is 30.6 Å². The van der Waals surface area contributed by atoms with Crippen molar-refractivity contribution in [2.45, 2.75) is 51.8 Å². The Kier molecular flexibility index (Phi) is 5.84. The lowest BCUT2D eigenvalue weighted by Gasteiger charge is -2.60. The lowest BCUT2D eigenvalue weighted by atomic mass is 9.72. The van der Waals surface area contributed by atoms with Crippen LogP contribution in [-0.2, 0) is 20.9 Å². The summed E-state index contributed by atoms with van der Waals surface area (Å²) < 4.78 is 5.44. The van der Waals surface area contributed by atoms with Gasteiger partial charge in [0.15, 0.2) is 0 Å². The molecule has 0 aromatic heterocycles. The molecule has 1 aromatic carbocycles. The van der Waals surface area contributed by atoms with Gasteiger partial charge in [-0.05, 0) is 51.0 Å². The number of amides is 3. The molecule has 1 N–H and O–H groups in total. The molecule has 3 amide bonds. The van der Waals surface area contributed by atoms with Crippen LogP contribution >= 0.6 is 0 Å². The third kappa shape index (κ3) is 4.41. The molecule has 1 unspecified atom stereocenters. The molecule has 2 fully saturated rings. The van der Waals surface area contributed by atoms with Crippen LogP contribution < -0.4 is 10.2 Å². The minimum absolute atomic E-state index is 0.108. The van der Waals surface area contributed by atoms with Gasteiger partial charge >= 0.3 is 6.09 Å². The predicted molar refractivity (Wildman–Crippen MR) is 122 cm³/mol. The third-order valence-corrected chi connectivity index (χ3v) is 6.53. The number of anilines is 1. The Hall–Kier alpha value is -3.10. The smallest absolute Gasteiger partial charge is 0.410 e. The second kappa shape index (κ2) is 8.35. The molecular formula is C24H32N4O5. The summed E-state index contributed by atoms with van der Waals surface area (Å²) in [7, 11) is 1.53. The number of carbonyl (C=O) groups is 4. The normalized spacial score (nSPS) is 19.5. The number of nitrogens with zero attached hydrogens (tertiary/aromatic N) is 3. The summed E-state index contributed by atoms with van der Waals surface area (Å²) in [5, 5.41) is 2.60. The number of likely N-dealkylation sites (N-methyl/N-ethyl adjacent to an activating group) is 1. The number of likely N-dealkylation sites (tertiary alicyclic amines) is 1. The average molecular weight is 457 g/mol. The zero-order valence-electron chi connectivity index (χ0n) is 19.7. The molecule has 3 aliphatic heterocycles. The number of hydrogen-bond acceptors (Lipinski definition) is 6. The Balaban J connectivity index is 1.37. The van der Waals surface area contributed by atoms with Crippen LogP contribution in [0, 0.1) is 5.41 Å². The van der Waals surface area contributed by atoms with E-state index in [4.69, 9.17) is 4.74 Å². The molecule has 1 aromatic rings. The zero-order chi connectivity index (χ0) is 24.0. The predicted octanol–water partition coefficient (Wildman–Crippen LogP) is 1.79. The lowest BCUT2D eigenvalue weighted by molar-refractivity contribution is -0.125. The highest BCUT2D eigenvalue weighted by atomic mass is 16.6. The molecule has 0 bridgehead atoms. The van der Waals surface area contributed by atoms with Gasteiger partial charge in [0, 0.05) is 62.9 Å². The third-order valence-electron chi connectivity index (χ3n) is 6.53. The van der Waals surface area contributed by atoms with Crippen molar-refractivity contribution in [3.05, 3.63) is 29.3 Å². The topological polar surface area (TPSA) is 99.3 Å². The van der Waals surface area contributed by atoms with Gasteiger partial charge < -0.3 is 29.5 Å². The molecule has 2 saturated heterocycles. The fraction of sp³-hybridized carbons (Fsp3) is 0.583. The van der Waals surface area contributed by atoms with Crippen molar-refractivity contribution in [2.75, 3.05) is 38.1 Å². The maximum atomic E-state index is 12.9. The van der Waals surface area contributed by atoms with Crippen molar-refractivity contribution in [1.29, 1.82) is 0 Å². The molecular weight excluding hydrogens is 424 g/mol. The summed E-state index contributed by atoms with van der Waals surface area (Å²) in [6, 6.07) is 5.12. The van der Waals surface area contributed by atoms with E-state index < -0.39 is 11.6 Å². The van der Waals surface area contributed by atoms with Crippen LogP contribution in [0.15, 0.2) is 18.2 Å². The maximum absolute atomic E-state index is 12.9. The Morgan fingerprint density at radius 2 is 1.91 bits per heavy atom. The van der Waals surface area contributed by atoms with Gasteiger partial charge in [0.25, 0.3) is 5.91 Å². The Morgan fingerprint density at radius 3 is 2.52 bits per heavy atom. The van der Waals surface area contributed by atoms with Gasteiger partial charge in [0.2, 0.25) is 5.91 Å². The number of aldehydes is 1. The fourth-order valence-electron chi connectivity index (χ4n) is 4.96. The monoisotopic (exact) mass is 456 g/mol. The average Bonchev–Trinajstić information content (AvgIpc) is 3.00. The molecule has 0 radical (unpaired) electrons. The van der Waals surface area contributed by atoms with Crippen LogP contribution in [0.1, 0.15) is 49.5 Å². The highest BCUT2D eigenvalue weighted by Gasteiger charge is 2.54. The summed E-state index contributed by atoms with van der Waals surface area (Å²) in [6.07, 6.45) is 1.03. The Labute approximate surface area is 194 Å². The van der Waals surface area contributed by atoms with Crippen LogP contribution in [0.3, 0.4) is 0 Å². The van der Waals surface area contributed by atoms with Gasteiger partial charge in [-0.3, -0.25) is 9.59 Å². The summed E-state index contributed by atoms with van der Waals surface area (Å²) >= 11 is 0. The number of hydrogen-bond donors (Lipinski definition) is 1. The van der Waals surface area contributed by atoms with Crippen LogP contribution in [0.2, 0.25) is 0 Å². The minimum atomic E-state index is -0.662. The van der Waals surface area contributed by atoms with Gasteiger partial charge in [-0.1, -0.05) is 0 Å². The number of benzene rings is 1. The van der Waals surface area contributed by atoms with Crippen molar-refractivity contribution >= 4 is 29.9 Å². The van der Waals surface area contributed by atoms with Gasteiger partial charge in [0.1, 0.15) is 17.9 Å². The molecule has 1 spiro atoms. The van der Waals surface area contributed by atoms with E-state index in [0.29, 0.717) is 31.6 Å². The summed E-state index contributed by atoms with van der Waals surface area (Å²) in [6.45, 7) is 9.04. The van der Waals surface area contributed by atoms with Crippen molar-refractivity contribution in [1.82, 2.24) is 15.1 Å². The quantitative estimate of drug-likeness (QED) is 0.656. The largest absolute Gasteiger partial charge is 0.444 e. The van der Waals surface area contributed by atoms with E-state index in [9.17, 15) is 19.2 Å². The first kappa shape index (κ1) is 23.1. The minimum Gasteiger partial charge on any atom is -0.444 e. The van der Waals surface area contributed by atoms with Crippen molar-refractivity contribution in [3.8, 4) is 0 Å². The van der Waals surface area contributed by atoms with Crippen LogP contribution in [-0.4, -0.2) is 78.9 Å². The molecule has 4 rings (SSSR count). The Morgan fingerprint density at radius 1 is 1.21 bits per heavy atom. The SMILES string of the molecule is CNC(=O)C(CCC=O)N1Cc2cc(N3CC4(CN(C(=O)OC(C)(C)C)C4)C3)ccc2C1=O. The number of fused-ring (bicyclic) bond motifs is 1. The highest BCUT2D eigenvalue weighted by molar-refractivity contribution is 6.01. The fourth-order valence-corrected chi connectivity index (χ4v) is 4.96. The number of nitrogens with one attached hydrogen (secondary N) is 1. The van der Waals surface area contributed by atoms with Crippen LogP contribution in [0.25, 0.3) is 0 Å². The number of rotatable bonds is 6. The van der Waals surface area contributed by atoms with E-state index >= 15 is 0 Å². The Bertz CT molecular complexity index is 972. The second-order valence-electron chi connectivity index (χ2n) is 10.3. The van der Waals surface area contributed by atoms with Crippen molar-refractivity contribution in [3.63, 3.8) is 0 Å². The first-order valence-electron chi connectivity index (χ1n) is 11.4. The lowest BCUT2D eigenvalue weighted by Crippen LogP contribution is -2.73. The van der Waals surface area contributed by atoms with Crippen LogP contribution in [0.5, 0.6) is 0 Å². The van der Waals surface area contributed by atoms with Crippen molar-refractivity contribution < 1.29 is 23.9 Å². The number of ether oxygens (including phenoxy) is 1. The molecule has 0 aliphatic carbocycles. The van der Waals surface area contributed by atoms with E-state index in [1.807, 2.05) is 39.0 Å². The van der Waals surface area contributed by atoms with Gasteiger partial charge in [-0.25, -0.2) is 4.79 Å². The molecule has 3 heterocycles. The molecule has 178 valence electrons. The molecule has 33 heavy (non-hydrogen) atoms. The summed E-state index contributed by atoms with van der Waals surface area (Å²) in [5.74, 6) is -0.439. The second-order valence-corrected chi connectivity index (χ2v) is 10.3.